The minimum absolute atomic E-state index is 0.116. The van der Waals surface area contributed by atoms with Gasteiger partial charge in [-0.2, -0.15) is 0 Å². The van der Waals surface area contributed by atoms with Crippen molar-refractivity contribution in [3.8, 4) is 0 Å². The summed E-state index contributed by atoms with van der Waals surface area (Å²) in [5.41, 5.74) is 1.06. The molecular weight excluding hydrogens is 272 g/mol. The Morgan fingerprint density at radius 2 is 1.90 bits per heavy atom. The van der Waals surface area contributed by atoms with Crippen molar-refractivity contribution in [2.24, 2.45) is 5.92 Å². The molecule has 0 bridgehead atoms. The highest BCUT2D eigenvalue weighted by Crippen LogP contribution is 2.45. The molecule has 2 aliphatic rings. The molecule has 0 spiro atoms. The lowest BCUT2D eigenvalue weighted by Gasteiger charge is -2.24. The van der Waals surface area contributed by atoms with Crippen LogP contribution in [0.25, 0.3) is 0 Å². The molecule has 1 heterocycles. The fourth-order valence-corrected chi connectivity index (χ4v) is 3.17. The fourth-order valence-electron chi connectivity index (χ4n) is 3.05. The van der Waals surface area contributed by atoms with Gasteiger partial charge in [-0.25, -0.2) is 0 Å². The van der Waals surface area contributed by atoms with Gasteiger partial charge < -0.3 is 10.6 Å². The maximum absolute atomic E-state index is 12.2. The first-order chi connectivity index (χ1) is 9.68. The first-order valence-electron chi connectivity index (χ1n) is 7.46. The maximum atomic E-state index is 12.2. The normalized spacial score (nSPS) is 21.4. The lowest BCUT2D eigenvalue weighted by Crippen LogP contribution is -2.37. The monoisotopic (exact) mass is 292 g/mol. The number of hydrogen-bond donors (Lipinski definition) is 2. The Labute approximate surface area is 125 Å². The molecule has 1 aliphatic heterocycles. The quantitative estimate of drug-likeness (QED) is 0.896. The van der Waals surface area contributed by atoms with Crippen LogP contribution < -0.4 is 10.6 Å². The Bertz CT molecular complexity index is 476. The molecule has 20 heavy (non-hydrogen) atoms. The molecule has 3 nitrogen and oxygen atoms in total. The van der Waals surface area contributed by atoms with Crippen LogP contribution in [-0.4, -0.2) is 19.0 Å². The van der Waals surface area contributed by atoms with E-state index in [0.29, 0.717) is 12.3 Å². The van der Waals surface area contributed by atoms with Gasteiger partial charge in [0.25, 0.3) is 0 Å². The van der Waals surface area contributed by atoms with Gasteiger partial charge in [-0.05, 0) is 62.4 Å². The molecular formula is C16H21ClN2O. The van der Waals surface area contributed by atoms with E-state index < -0.39 is 0 Å². The van der Waals surface area contributed by atoms with Gasteiger partial charge in [0.1, 0.15) is 0 Å². The van der Waals surface area contributed by atoms with E-state index in [9.17, 15) is 4.79 Å². The van der Waals surface area contributed by atoms with Gasteiger partial charge >= 0.3 is 0 Å². The summed E-state index contributed by atoms with van der Waals surface area (Å²) in [7, 11) is 0. The summed E-state index contributed by atoms with van der Waals surface area (Å²) < 4.78 is 0. The summed E-state index contributed by atoms with van der Waals surface area (Å²) in [4.78, 5) is 12.2. The summed E-state index contributed by atoms with van der Waals surface area (Å²) in [5, 5.41) is 7.32. The zero-order valence-electron chi connectivity index (χ0n) is 11.6. The van der Waals surface area contributed by atoms with E-state index in [4.69, 9.17) is 11.6 Å². The molecule has 108 valence electrons. The van der Waals surface area contributed by atoms with Gasteiger partial charge in [-0.1, -0.05) is 23.7 Å². The van der Waals surface area contributed by atoms with E-state index in [2.05, 4.69) is 10.6 Å². The molecule has 2 fully saturated rings. The Morgan fingerprint density at radius 1 is 1.25 bits per heavy atom. The minimum Gasteiger partial charge on any atom is -0.347 e. The largest absolute Gasteiger partial charge is 0.347 e. The molecule has 0 unspecified atom stereocenters. The summed E-state index contributed by atoms with van der Waals surface area (Å²) in [5.74, 6) is 0.738. The number of benzene rings is 1. The van der Waals surface area contributed by atoms with Crippen LogP contribution >= 0.6 is 11.6 Å². The van der Waals surface area contributed by atoms with Gasteiger partial charge in [0.2, 0.25) is 5.91 Å². The summed E-state index contributed by atoms with van der Waals surface area (Å²) >= 11 is 5.92. The predicted molar refractivity (Wildman–Crippen MR) is 80.7 cm³/mol. The van der Waals surface area contributed by atoms with Crippen molar-refractivity contribution in [3.05, 3.63) is 34.9 Å². The standard InChI is InChI=1S/C16H21ClN2O/c17-14-3-1-13(2-4-14)16(7-8-16)19-15(20)11-12-5-9-18-10-6-12/h1-4,12,18H,5-11H2,(H,19,20). The average Bonchev–Trinajstić information content (AvgIpc) is 3.21. The highest BCUT2D eigenvalue weighted by Gasteiger charge is 2.45. The first kappa shape index (κ1) is 13.9. The van der Waals surface area contributed by atoms with Crippen LogP contribution in [-0.2, 0) is 10.3 Å². The second-order valence-corrected chi connectivity index (χ2v) is 6.47. The molecule has 1 amide bonds. The Balaban J connectivity index is 1.59. The fraction of sp³-hybridized carbons (Fsp3) is 0.562. The van der Waals surface area contributed by atoms with Gasteiger partial charge in [0.15, 0.2) is 0 Å². The van der Waals surface area contributed by atoms with E-state index in [0.717, 1.165) is 43.8 Å². The third kappa shape index (κ3) is 3.15. The van der Waals surface area contributed by atoms with Crippen LogP contribution in [0.15, 0.2) is 24.3 Å². The van der Waals surface area contributed by atoms with Gasteiger partial charge in [-0.15, -0.1) is 0 Å². The zero-order valence-corrected chi connectivity index (χ0v) is 12.4. The first-order valence-corrected chi connectivity index (χ1v) is 7.83. The summed E-state index contributed by atoms with van der Waals surface area (Å²) in [6.45, 7) is 2.08. The minimum atomic E-state index is -0.116. The average molecular weight is 293 g/mol. The number of rotatable bonds is 4. The maximum Gasteiger partial charge on any atom is 0.220 e. The van der Waals surface area contributed by atoms with Crippen molar-refractivity contribution < 1.29 is 4.79 Å². The molecule has 0 atom stereocenters. The van der Waals surface area contributed by atoms with E-state index in [-0.39, 0.29) is 11.4 Å². The smallest absolute Gasteiger partial charge is 0.220 e. The van der Waals surface area contributed by atoms with Crippen molar-refractivity contribution in [2.75, 3.05) is 13.1 Å². The molecule has 1 aliphatic carbocycles. The van der Waals surface area contributed by atoms with Crippen LogP contribution in [0.1, 0.15) is 37.7 Å². The third-order valence-corrected chi connectivity index (χ3v) is 4.71. The van der Waals surface area contributed by atoms with Crippen LogP contribution in [0.3, 0.4) is 0 Å². The third-order valence-electron chi connectivity index (χ3n) is 4.46. The van der Waals surface area contributed by atoms with Crippen LogP contribution in [0, 0.1) is 5.92 Å². The SMILES string of the molecule is O=C(CC1CCNCC1)NC1(c2ccc(Cl)cc2)CC1. The van der Waals surface area contributed by atoms with Crippen molar-refractivity contribution in [2.45, 2.75) is 37.6 Å². The lowest BCUT2D eigenvalue weighted by atomic mass is 9.94. The highest BCUT2D eigenvalue weighted by molar-refractivity contribution is 6.30. The lowest BCUT2D eigenvalue weighted by molar-refractivity contribution is -0.123. The van der Waals surface area contributed by atoms with Gasteiger partial charge in [-0.3, -0.25) is 4.79 Å². The Hall–Kier alpha value is -1.06. The number of hydrogen-bond acceptors (Lipinski definition) is 2. The predicted octanol–water partition coefficient (Wildman–Crippen LogP) is 2.84. The highest BCUT2D eigenvalue weighted by atomic mass is 35.5. The molecule has 4 heteroatoms. The molecule has 1 saturated heterocycles. The number of amides is 1. The van der Waals surface area contributed by atoms with E-state index in [1.165, 1.54) is 5.56 Å². The number of carbonyl (C=O) groups excluding carboxylic acids is 1. The van der Waals surface area contributed by atoms with Gasteiger partial charge in [0.05, 0.1) is 5.54 Å². The van der Waals surface area contributed by atoms with Gasteiger partial charge in [0, 0.05) is 11.4 Å². The van der Waals surface area contributed by atoms with Crippen molar-refractivity contribution in [3.63, 3.8) is 0 Å². The molecule has 1 saturated carbocycles. The molecule has 0 aromatic heterocycles. The Morgan fingerprint density at radius 3 is 2.50 bits per heavy atom. The van der Waals surface area contributed by atoms with E-state index >= 15 is 0 Å². The molecule has 1 aromatic rings. The van der Waals surface area contributed by atoms with Crippen LogP contribution in [0.2, 0.25) is 5.02 Å². The Kier molecular flexibility index (Phi) is 3.99. The second-order valence-electron chi connectivity index (χ2n) is 6.03. The molecule has 0 radical (unpaired) electrons. The molecule has 3 rings (SSSR count). The zero-order chi connectivity index (χ0) is 14.0. The second kappa shape index (κ2) is 5.74. The number of halogens is 1. The van der Waals surface area contributed by atoms with Crippen molar-refractivity contribution >= 4 is 17.5 Å². The summed E-state index contributed by atoms with van der Waals surface area (Å²) in [6.07, 6.45) is 4.96. The number of carbonyl (C=O) groups is 1. The number of piperidine rings is 1. The van der Waals surface area contributed by atoms with Crippen molar-refractivity contribution in [1.82, 2.24) is 10.6 Å². The van der Waals surface area contributed by atoms with Crippen LogP contribution in [0.5, 0.6) is 0 Å². The van der Waals surface area contributed by atoms with Crippen molar-refractivity contribution in [1.29, 1.82) is 0 Å². The molecule has 1 aromatic carbocycles. The summed E-state index contributed by atoms with van der Waals surface area (Å²) in [6, 6.07) is 7.85. The van der Waals surface area contributed by atoms with E-state index in [1.54, 1.807) is 0 Å². The van der Waals surface area contributed by atoms with E-state index in [1.807, 2.05) is 24.3 Å². The number of nitrogens with one attached hydrogen (secondary N) is 2. The van der Waals surface area contributed by atoms with Crippen LogP contribution in [0.4, 0.5) is 0 Å². The molecule has 2 N–H and O–H groups in total. The topological polar surface area (TPSA) is 41.1 Å².